The molecule has 0 atom stereocenters. The van der Waals surface area contributed by atoms with Gasteiger partial charge in [-0.05, 0) is 30.4 Å². The van der Waals surface area contributed by atoms with Gasteiger partial charge in [0.25, 0.3) is 11.8 Å². The van der Waals surface area contributed by atoms with Gasteiger partial charge in [0.15, 0.2) is 11.6 Å². The number of hydrogen-bond acceptors (Lipinski definition) is 10. The Kier molecular flexibility index (Phi) is 6.07. The summed E-state index contributed by atoms with van der Waals surface area (Å²) >= 11 is 0.766. The van der Waals surface area contributed by atoms with Crippen LogP contribution in [0.1, 0.15) is 0 Å². The monoisotopic (exact) mass is 437 g/mol. The van der Waals surface area contributed by atoms with Crippen molar-refractivity contribution in [3.63, 3.8) is 0 Å². The van der Waals surface area contributed by atoms with Crippen LogP contribution < -0.4 is 9.64 Å². The number of carbonyl (C=O) groups is 4. The highest BCUT2D eigenvalue weighted by molar-refractivity contribution is 7.94. The smallest absolute Gasteiger partial charge is 0.334 e. The van der Waals surface area contributed by atoms with Crippen LogP contribution in [0.15, 0.2) is 46.7 Å². The molecule has 2 aliphatic rings. The Morgan fingerprint density at radius 3 is 2.57 bits per heavy atom. The summed E-state index contributed by atoms with van der Waals surface area (Å²) in [6.45, 7) is -0.870. The summed E-state index contributed by atoms with van der Waals surface area (Å²) in [6, 6.07) is 3.96. The quantitative estimate of drug-likeness (QED) is 0.218. The number of ether oxygens (including phenoxy) is 1. The molecule has 4 amide bonds. The number of anilines is 1. The number of carboxylic acid groups (broad SMARTS) is 1. The third-order valence-corrected chi connectivity index (χ3v) is 4.79. The first-order valence-electron chi connectivity index (χ1n) is 8.22. The maximum Gasteiger partial charge on any atom is 0.334 e. The second-order valence-corrected chi connectivity index (χ2v) is 6.81. The minimum absolute atomic E-state index is 0.268. The molecular weight excluding hydrogens is 422 g/mol. The number of benzene rings is 1. The number of amides is 4. The molecule has 3 rings (SSSR count). The Hall–Kier alpha value is -3.39. The highest BCUT2D eigenvalue weighted by atomic mass is 32.2. The molecule has 0 aliphatic carbocycles. The number of barbiturate groups is 1. The molecule has 0 bridgehead atoms. The number of carbonyl (C=O) groups excluding carboxylic acids is 3. The fourth-order valence-corrected chi connectivity index (χ4v) is 3.13. The molecule has 0 saturated carbocycles. The summed E-state index contributed by atoms with van der Waals surface area (Å²) in [4.78, 5) is 51.1. The topological polar surface area (TPSA) is 146 Å². The summed E-state index contributed by atoms with van der Waals surface area (Å²) < 4.78 is 10.1. The van der Waals surface area contributed by atoms with Crippen LogP contribution >= 0.6 is 12.0 Å². The number of likely N-dealkylation sites (N-methyl/N-ethyl adjacent to an activating group) is 1. The average Bonchev–Trinajstić information content (AvgIpc) is 3.03. The molecule has 158 valence electrons. The number of nitrogens with zero attached hydrogens (tertiary/aromatic N) is 3. The molecule has 0 aromatic heterocycles. The van der Waals surface area contributed by atoms with E-state index in [9.17, 15) is 19.2 Å². The summed E-state index contributed by atoms with van der Waals surface area (Å²) in [7, 11) is 2.82. The van der Waals surface area contributed by atoms with Gasteiger partial charge in [0, 0.05) is 19.0 Å². The highest BCUT2D eigenvalue weighted by Crippen LogP contribution is 2.40. The van der Waals surface area contributed by atoms with E-state index in [0.717, 1.165) is 19.1 Å². The Morgan fingerprint density at radius 1 is 1.17 bits per heavy atom. The Morgan fingerprint density at radius 2 is 1.90 bits per heavy atom. The van der Waals surface area contributed by atoms with Crippen LogP contribution in [0, 0.1) is 0 Å². The maximum atomic E-state index is 12.5. The summed E-state index contributed by atoms with van der Waals surface area (Å²) in [6.07, 6.45) is 2.52. The number of aliphatic carboxylic acids is 1. The molecule has 12 nitrogen and oxygen atoms in total. The lowest BCUT2D eigenvalue weighted by Gasteiger charge is -2.30. The van der Waals surface area contributed by atoms with Crippen molar-refractivity contribution < 1.29 is 43.7 Å². The molecule has 2 heterocycles. The van der Waals surface area contributed by atoms with Gasteiger partial charge in [-0.15, -0.1) is 4.33 Å². The molecule has 30 heavy (non-hydrogen) atoms. The normalized spacial score (nSPS) is 19.0. The fraction of sp³-hybridized carbons (Fsp3) is 0.176. The van der Waals surface area contributed by atoms with Gasteiger partial charge in [-0.2, -0.15) is 0 Å². The number of carboxylic acids is 1. The van der Waals surface area contributed by atoms with Crippen LogP contribution in [0.4, 0.5) is 10.5 Å². The number of fused-ring (bicyclic) bond motifs is 1. The van der Waals surface area contributed by atoms with Crippen LogP contribution in [0.3, 0.4) is 0 Å². The minimum Gasteiger partial charge on any atom is -0.480 e. The Labute approximate surface area is 173 Å². The zero-order valence-corrected chi connectivity index (χ0v) is 16.4. The van der Waals surface area contributed by atoms with E-state index in [1.165, 1.54) is 12.2 Å². The van der Waals surface area contributed by atoms with Crippen molar-refractivity contribution in [3.8, 4) is 5.75 Å². The van der Waals surface area contributed by atoms with Crippen molar-refractivity contribution in [3.05, 3.63) is 41.8 Å². The molecular formula is C17H15N3O9S. The van der Waals surface area contributed by atoms with Crippen LogP contribution in [-0.2, 0) is 23.8 Å². The first-order chi connectivity index (χ1) is 14.2. The second kappa shape index (κ2) is 8.54. The zero-order valence-electron chi connectivity index (χ0n) is 15.6. The first kappa shape index (κ1) is 21.3. The van der Waals surface area contributed by atoms with Crippen LogP contribution in [0.2, 0.25) is 0 Å². The van der Waals surface area contributed by atoms with Gasteiger partial charge in [-0.1, -0.05) is 5.04 Å². The summed E-state index contributed by atoms with van der Waals surface area (Å²) in [5, 5.41) is 20.7. The number of hydrogen-bond donors (Lipinski definition) is 2. The van der Waals surface area contributed by atoms with Gasteiger partial charge in [0.1, 0.15) is 12.1 Å². The van der Waals surface area contributed by atoms with Crippen molar-refractivity contribution in [2.24, 2.45) is 0 Å². The van der Waals surface area contributed by atoms with Gasteiger partial charge >= 0.3 is 12.0 Å². The van der Waals surface area contributed by atoms with Crippen LogP contribution in [0.5, 0.6) is 5.75 Å². The maximum absolute atomic E-state index is 12.5. The lowest BCUT2D eigenvalue weighted by atomic mass is 10.1. The molecule has 1 aromatic rings. The number of urea groups is 1. The van der Waals surface area contributed by atoms with Crippen molar-refractivity contribution in [2.45, 2.75) is 4.90 Å². The molecule has 2 N–H and O–H groups in total. The van der Waals surface area contributed by atoms with E-state index in [4.69, 9.17) is 15.1 Å². The van der Waals surface area contributed by atoms with E-state index in [-0.39, 0.29) is 11.5 Å². The Bertz CT molecular complexity index is 991. The third kappa shape index (κ3) is 3.99. The van der Waals surface area contributed by atoms with Gasteiger partial charge in [-0.25, -0.2) is 15.0 Å². The largest absolute Gasteiger partial charge is 0.480 e. The van der Waals surface area contributed by atoms with Crippen molar-refractivity contribution >= 4 is 41.5 Å². The lowest BCUT2D eigenvalue weighted by molar-refractivity contribution is -0.432. The Balaban J connectivity index is 1.87. The number of allylic oxidation sites excluding steroid dienone is 2. The molecule has 2 aliphatic heterocycles. The van der Waals surface area contributed by atoms with E-state index in [1.54, 1.807) is 30.1 Å². The van der Waals surface area contributed by atoms with Crippen molar-refractivity contribution in [1.29, 1.82) is 0 Å². The average molecular weight is 437 g/mol. The van der Waals surface area contributed by atoms with E-state index in [1.807, 2.05) is 0 Å². The van der Waals surface area contributed by atoms with E-state index in [2.05, 4.69) is 9.37 Å². The van der Waals surface area contributed by atoms with Gasteiger partial charge in [0.05, 0.1) is 17.7 Å². The van der Waals surface area contributed by atoms with E-state index < -0.39 is 30.4 Å². The van der Waals surface area contributed by atoms with Gasteiger partial charge in [0.2, 0.25) is 0 Å². The molecule has 1 fully saturated rings. The zero-order chi connectivity index (χ0) is 22.0. The number of imide groups is 2. The van der Waals surface area contributed by atoms with Crippen molar-refractivity contribution in [2.75, 3.05) is 25.5 Å². The predicted octanol–water partition coefficient (Wildman–Crippen LogP) is 1.22. The SMILES string of the molecule is CN1C(=O)C(=CC=C2Oc3ccc(SOOO)cc3N2C)C(=O)N(CC(=O)O)C1=O. The minimum atomic E-state index is -1.39. The lowest BCUT2D eigenvalue weighted by Crippen LogP contribution is -2.56. The molecule has 1 saturated heterocycles. The van der Waals surface area contributed by atoms with E-state index >= 15 is 0 Å². The van der Waals surface area contributed by atoms with Gasteiger partial charge < -0.3 is 14.7 Å². The van der Waals surface area contributed by atoms with Gasteiger partial charge in [-0.3, -0.25) is 19.3 Å². The highest BCUT2D eigenvalue weighted by Gasteiger charge is 2.40. The summed E-state index contributed by atoms with van der Waals surface area (Å²) in [5.74, 6) is -2.51. The standard InChI is InChI=1S/C17H15N3O9S/c1-18-11-7-9(30-29-28-26)3-5-12(11)27-13(18)6-4-10-15(23)19(2)17(25)20(16(10)24)8-14(21)22/h3-7,26H,8H2,1-2H3,(H,21,22). The predicted molar refractivity (Wildman–Crippen MR) is 99.8 cm³/mol. The molecule has 13 heteroatoms. The van der Waals surface area contributed by atoms with E-state index in [0.29, 0.717) is 26.1 Å². The first-order valence-corrected chi connectivity index (χ1v) is 8.96. The molecule has 1 aromatic carbocycles. The molecule has 0 radical (unpaired) electrons. The molecule has 0 spiro atoms. The van der Waals surface area contributed by atoms with Crippen molar-refractivity contribution in [1.82, 2.24) is 9.80 Å². The third-order valence-electron chi connectivity index (χ3n) is 4.21. The number of rotatable bonds is 6. The van der Waals surface area contributed by atoms with Crippen LogP contribution in [-0.4, -0.2) is 64.6 Å². The summed E-state index contributed by atoms with van der Waals surface area (Å²) in [5.41, 5.74) is 0.246. The fourth-order valence-electron chi connectivity index (χ4n) is 2.74. The second-order valence-electron chi connectivity index (χ2n) is 6.03. The molecule has 0 unspecified atom stereocenters. The van der Waals surface area contributed by atoms with Crippen LogP contribution in [0.25, 0.3) is 0 Å².